The van der Waals surface area contributed by atoms with Gasteiger partial charge in [0, 0.05) is 0 Å². The smallest absolute Gasteiger partial charge is 0.133 e. The second kappa shape index (κ2) is 3.62. The van der Waals surface area contributed by atoms with Crippen LogP contribution in [0.2, 0.25) is 0 Å². The molecule has 0 rings (SSSR count). The molecule has 0 atom stereocenters. The maximum atomic E-state index is 12.0. The topological polar surface area (TPSA) is 23.8 Å². The van der Waals surface area contributed by atoms with Crippen molar-refractivity contribution in [2.45, 2.75) is 0 Å². The Morgan fingerprint density at radius 1 is 1.67 bits per heavy atom. The molecule has 0 aliphatic rings. The average Bonchev–Trinajstić information content (AvgIpc) is 1.82. The molecular weight excluding hydrogens is 117 g/mol. The van der Waals surface area contributed by atoms with Crippen molar-refractivity contribution in [1.29, 1.82) is 5.26 Å². The monoisotopic (exact) mass is 123 g/mol. The molecule has 0 aromatic heterocycles. The van der Waals surface area contributed by atoms with Crippen LogP contribution in [-0.4, -0.2) is 0 Å². The first-order chi connectivity index (χ1) is 4.22. The van der Waals surface area contributed by atoms with Crippen LogP contribution >= 0.6 is 0 Å². The van der Waals surface area contributed by atoms with Crippen LogP contribution in [0.15, 0.2) is 36.7 Å². The summed E-state index contributed by atoms with van der Waals surface area (Å²) in [6, 6.07) is 1.62. The van der Waals surface area contributed by atoms with Gasteiger partial charge in [-0.2, -0.15) is 5.26 Å². The lowest BCUT2D eigenvalue weighted by Crippen LogP contribution is -1.74. The van der Waals surface area contributed by atoms with Gasteiger partial charge in [-0.15, -0.1) is 0 Å². The van der Waals surface area contributed by atoms with Gasteiger partial charge in [-0.05, 0) is 6.08 Å². The summed E-state index contributed by atoms with van der Waals surface area (Å²) < 4.78 is 12.0. The molecule has 1 nitrogen and oxygen atoms in total. The zero-order valence-electron chi connectivity index (χ0n) is 4.89. The van der Waals surface area contributed by atoms with Crippen LogP contribution in [0.1, 0.15) is 0 Å². The molecular formula is C7H6FN. The largest absolute Gasteiger partial charge is 0.206 e. The predicted octanol–water partition coefficient (Wildman–Crippen LogP) is 2.11. The molecule has 0 aliphatic carbocycles. The van der Waals surface area contributed by atoms with E-state index in [-0.39, 0.29) is 5.57 Å². The van der Waals surface area contributed by atoms with Gasteiger partial charge in [0.1, 0.15) is 11.9 Å². The summed E-state index contributed by atoms with van der Waals surface area (Å²) >= 11 is 0. The van der Waals surface area contributed by atoms with Crippen molar-refractivity contribution in [2.24, 2.45) is 0 Å². The van der Waals surface area contributed by atoms with E-state index in [2.05, 4.69) is 13.2 Å². The summed E-state index contributed by atoms with van der Waals surface area (Å²) in [6.45, 7) is 6.24. The number of nitrogens with zero attached hydrogens (tertiary/aromatic N) is 1. The van der Waals surface area contributed by atoms with Crippen molar-refractivity contribution in [2.75, 3.05) is 0 Å². The van der Waals surface area contributed by atoms with E-state index in [9.17, 15) is 4.39 Å². The maximum absolute atomic E-state index is 12.0. The van der Waals surface area contributed by atoms with Gasteiger partial charge < -0.3 is 0 Å². The second-order valence-electron chi connectivity index (χ2n) is 1.33. The lowest BCUT2D eigenvalue weighted by molar-refractivity contribution is 0.662. The van der Waals surface area contributed by atoms with E-state index < -0.39 is 5.83 Å². The molecule has 2 heteroatoms. The lowest BCUT2D eigenvalue weighted by Gasteiger charge is -1.84. The summed E-state index contributed by atoms with van der Waals surface area (Å²) in [6.07, 6.45) is 2.60. The van der Waals surface area contributed by atoms with Gasteiger partial charge in [0.05, 0.1) is 5.57 Å². The molecule has 0 aliphatic heterocycles. The number of rotatable bonds is 2. The zero-order valence-corrected chi connectivity index (χ0v) is 4.89. The highest BCUT2D eigenvalue weighted by Crippen LogP contribution is 2.06. The molecule has 0 N–H and O–H groups in total. The van der Waals surface area contributed by atoms with Crippen molar-refractivity contribution in [3.8, 4) is 6.07 Å². The highest BCUT2D eigenvalue weighted by Gasteiger charge is 1.95. The predicted molar refractivity (Wildman–Crippen MR) is 34.1 cm³/mol. The van der Waals surface area contributed by atoms with E-state index in [0.29, 0.717) is 0 Å². The van der Waals surface area contributed by atoms with Crippen LogP contribution in [0.3, 0.4) is 0 Å². The van der Waals surface area contributed by atoms with Crippen molar-refractivity contribution in [3.05, 3.63) is 36.7 Å². The Morgan fingerprint density at radius 3 is 2.33 bits per heavy atom. The Hall–Kier alpha value is -1.36. The molecule has 0 radical (unpaired) electrons. The van der Waals surface area contributed by atoms with Gasteiger partial charge >= 0.3 is 0 Å². The van der Waals surface area contributed by atoms with Crippen LogP contribution < -0.4 is 0 Å². The summed E-state index contributed by atoms with van der Waals surface area (Å²) in [4.78, 5) is 0. The summed E-state index contributed by atoms with van der Waals surface area (Å²) in [7, 11) is 0. The molecule has 0 aromatic carbocycles. The third-order valence-electron chi connectivity index (χ3n) is 0.697. The molecule has 0 amide bonds. The fourth-order valence-electron chi connectivity index (χ4n) is 0.306. The van der Waals surface area contributed by atoms with Gasteiger partial charge in [-0.3, -0.25) is 0 Å². The molecule has 46 valence electrons. The van der Waals surface area contributed by atoms with Crippen LogP contribution in [0.4, 0.5) is 4.39 Å². The van der Waals surface area contributed by atoms with E-state index in [4.69, 9.17) is 5.26 Å². The van der Waals surface area contributed by atoms with Gasteiger partial charge in [-0.1, -0.05) is 19.2 Å². The maximum Gasteiger partial charge on any atom is 0.133 e. The Labute approximate surface area is 53.4 Å². The van der Waals surface area contributed by atoms with Crippen molar-refractivity contribution >= 4 is 0 Å². The Balaban J connectivity index is 4.38. The molecule has 9 heavy (non-hydrogen) atoms. The minimum absolute atomic E-state index is 0.0787. The van der Waals surface area contributed by atoms with Crippen LogP contribution in [0.5, 0.6) is 0 Å². The highest BCUT2D eigenvalue weighted by atomic mass is 19.1. The molecule has 0 spiro atoms. The first-order valence-electron chi connectivity index (χ1n) is 2.30. The minimum Gasteiger partial charge on any atom is -0.206 e. The average molecular weight is 123 g/mol. The number of allylic oxidation sites excluding steroid dienone is 4. The highest BCUT2D eigenvalue weighted by molar-refractivity contribution is 5.38. The van der Waals surface area contributed by atoms with Gasteiger partial charge in [-0.25, -0.2) is 4.39 Å². The minimum atomic E-state index is -0.725. The molecule has 0 heterocycles. The van der Waals surface area contributed by atoms with Crippen molar-refractivity contribution in [3.63, 3.8) is 0 Å². The first kappa shape index (κ1) is 7.64. The number of halogens is 1. The molecule has 0 fully saturated rings. The summed E-state index contributed by atoms with van der Waals surface area (Å²) in [5.74, 6) is -0.725. The Bertz CT molecular complexity index is 195. The molecule has 0 bridgehead atoms. The molecule has 0 unspecified atom stereocenters. The quantitative estimate of drug-likeness (QED) is 0.407. The summed E-state index contributed by atoms with van der Waals surface area (Å²) in [5, 5.41) is 8.16. The van der Waals surface area contributed by atoms with Crippen LogP contribution in [0, 0.1) is 11.3 Å². The number of hydrogen-bond acceptors (Lipinski definition) is 1. The first-order valence-corrected chi connectivity index (χ1v) is 2.30. The van der Waals surface area contributed by atoms with E-state index in [1.54, 1.807) is 6.07 Å². The lowest BCUT2D eigenvalue weighted by atomic mass is 10.2. The standard InChI is InChI=1S/C7H6FN/c1-3-4-7(5-9)6(2)8/h3-4H,1-2H2/b7-4-. The molecule has 0 saturated heterocycles. The number of hydrogen-bond donors (Lipinski definition) is 0. The van der Waals surface area contributed by atoms with Gasteiger partial charge in [0.25, 0.3) is 0 Å². The fourth-order valence-corrected chi connectivity index (χ4v) is 0.306. The zero-order chi connectivity index (χ0) is 7.28. The van der Waals surface area contributed by atoms with E-state index in [1.807, 2.05) is 0 Å². The third-order valence-corrected chi connectivity index (χ3v) is 0.697. The third kappa shape index (κ3) is 2.45. The van der Waals surface area contributed by atoms with Crippen LogP contribution in [-0.2, 0) is 0 Å². The van der Waals surface area contributed by atoms with Gasteiger partial charge in [0.15, 0.2) is 0 Å². The van der Waals surface area contributed by atoms with Gasteiger partial charge in [0.2, 0.25) is 0 Å². The van der Waals surface area contributed by atoms with Crippen molar-refractivity contribution in [1.82, 2.24) is 0 Å². The SMILES string of the molecule is C=C/C=C(/C#N)C(=C)F. The summed E-state index contributed by atoms with van der Waals surface area (Å²) in [5.41, 5.74) is -0.0787. The van der Waals surface area contributed by atoms with E-state index >= 15 is 0 Å². The molecule has 0 saturated carbocycles. The van der Waals surface area contributed by atoms with E-state index in [1.165, 1.54) is 12.2 Å². The van der Waals surface area contributed by atoms with Crippen molar-refractivity contribution < 1.29 is 4.39 Å². The molecule has 0 aromatic rings. The Morgan fingerprint density at radius 2 is 2.22 bits per heavy atom. The van der Waals surface area contributed by atoms with Crippen LogP contribution in [0.25, 0.3) is 0 Å². The number of nitriles is 1. The van der Waals surface area contributed by atoms with E-state index in [0.717, 1.165) is 0 Å². The fraction of sp³-hybridized carbons (Fsp3) is 0. The normalized spacial score (nSPS) is 10.0. The second-order valence-corrected chi connectivity index (χ2v) is 1.33. The Kier molecular flexibility index (Phi) is 3.07.